The Morgan fingerprint density at radius 2 is 1.71 bits per heavy atom. The first-order valence-electron chi connectivity index (χ1n) is 14.0. The molecule has 2 heterocycles. The number of phenols is 1. The number of ether oxygens (including phenoxy) is 1. The van der Waals surface area contributed by atoms with Crippen LogP contribution in [0.5, 0.6) is 11.5 Å². The van der Waals surface area contributed by atoms with Gasteiger partial charge < -0.3 is 20.3 Å². The Bertz CT molecular complexity index is 1820. The summed E-state index contributed by atoms with van der Waals surface area (Å²) in [4.78, 5) is 40.3. The van der Waals surface area contributed by atoms with Gasteiger partial charge in [-0.3, -0.25) is 14.0 Å². The van der Waals surface area contributed by atoms with Crippen molar-refractivity contribution >= 4 is 38.3 Å². The van der Waals surface area contributed by atoms with Gasteiger partial charge in [-0.25, -0.2) is 4.79 Å². The number of benzene rings is 3. The van der Waals surface area contributed by atoms with Gasteiger partial charge in [0.1, 0.15) is 22.4 Å². The highest BCUT2D eigenvalue weighted by Gasteiger charge is 2.26. The molecule has 6 rings (SSSR count). The minimum atomic E-state index is -1.22. The third-order valence-electron chi connectivity index (χ3n) is 7.70. The summed E-state index contributed by atoms with van der Waals surface area (Å²) >= 11 is 1.30. The molecule has 9 heteroatoms. The molecule has 1 saturated carbocycles. The maximum Gasteiger partial charge on any atom is 0.326 e. The van der Waals surface area contributed by atoms with Crippen LogP contribution in [0, 0.1) is 0 Å². The number of aromatic hydroxyl groups is 1. The number of rotatable bonds is 8. The Kier molecular flexibility index (Phi) is 7.67. The van der Waals surface area contributed by atoms with Crippen LogP contribution in [0.3, 0.4) is 0 Å². The van der Waals surface area contributed by atoms with Crippen molar-refractivity contribution in [2.75, 3.05) is 0 Å². The zero-order chi connectivity index (χ0) is 29.2. The molecule has 0 bridgehead atoms. The maximum absolute atomic E-state index is 14.0. The first kappa shape index (κ1) is 27.5. The topological polar surface area (TPSA) is 117 Å². The smallest absolute Gasteiger partial charge is 0.326 e. The lowest BCUT2D eigenvalue weighted by molar-refractivity contribution is -0.139. The molecule has 3 N–H and O–H groups in total. The number of hydrogen-bond donors (Lipinski definition) is 3. The van der Waals surface area contributed by atoms with Crippen molar-refractivity contribution in [2.45, 2.75) is 50.7 Å². The molecule has 0 aliphatic heterocycles. The van der Waals surface area contributed by atoms with Crippen molar-refractivity contribution < 1.29 is 24.5 Å². The van der Waals surface area contributed by atoms with Gasteiger partial charge in [-0.15, -0.1) is 11.3 Å². The Morgan fingerprint density at radius 1 is 0.976 bits per heavy atom. The van der Waals surface area contributed by atoms with Crippen LogP contribution in [0.15, 0.2) is 83.7 Å². The highest BCUT2D eigenvalue weighted by atomic mass is 32.1. The molecule has 1 atom stereocenters. The molecule has 1 fully saturated rings. The number of nitrogens with zero attached hydrogens (tertiary/aromatic N) is 1. The summed E-state index contributed by atoms with van der Waals surface area (Å²) in [5, 5.41) is 22.2. The minimum Gasteiger partial charge on any atom is -0.508 e. The summed E-state index contributed by atoms with van der Waals surface area (Å²) in [6.45, 7) is 0. The number of aromatic nitrogens is 1. The van der Waals surface area contributed by atoms with E-state index in [1.54, 1.807) is 22.6 Å². The van der Waals surface area contributed by atoms with E-state index < -0.39 is 17.9 Å². The van der Waals surface area contributed by atoms with E-state index in [4.69, 9.17) is 4.74 Å². The van der Waals surface area contributed by atoms with Crippen LogP contribution in [0.1, 0.15) is 48.0 Å². The van der Waals surface area contributed by atoms with Crippen LogP contribution < -0.4 is 15.6 Å². The molecule has 214 valence electrons. The SMILES string of the molecule is O=C(N[C@@H](Cc1ccc(O)cc1)C(=O)O)c1cc(-c2ccccc2)c(=O)n2c1sc1ccc(OC3CCCCC3)cc12. The van der Waals surface area contributed by atoms with Gasteiger partial charge in [0, 0.05) is 18.1 Å². The molecule has 2 aromatic heterocycles. The standard InChI is InChI=1S/C33H30N2O6S/c36-22-13-11-20(12-14-22)17-27(33(39)40)34-30(37)26-19-25(21-7-3-1-4-8-21)31(38)35-28-18-24(15-16-29(28)42-32(26)35)41-23-9-5-2-6-10-23/h1,3-4,7-8,11-16,18-19,23,27,36H,2,5-6,9-10,17H2,(H,34,37)(H,39,40)/t27-/m0/s1. The van der Waals surface area contributed by atoms with Gasteiger partial charge in [0.05, 0.1) is 21.9 Å². The number of carboxylic acids is 1. The summed E-state index contributed by atoms with van der Waals surface area (Å²) < 4.78 is 8.64. The fourth-order valence-electron chi connectivity index (χ4n) is 5.52. The summed E-state index contributed by atoms with van der Waals surface area (Å²) in [5.41, 5.74) is 2.21. The lowest BCUT2D eigenvalue weighted by Crippen LogP contribution is -2.42. The Hall–Kier alpha value is -4.63. The average Bonchev–Trinajstić information content (AvgIpc) is 3.38. The van der Waals surface area contributed by atoms with E-state index in [1.807, 2.05) is 48.5 Å². The van der Waals surface area contributed by atoms with Crippen molar-refractivity contribution in [3.05, 3.63) is 100 Å². The monoisotopic (exact) mass is 582 g/mol. The summed E-state index contributed by atoms with van der Waals surface area (Å²) in [6.07, 6.45) is 5.65. The Balaban J connectivity index is 1.44. The molecule has 5 aromatic rings. The second-order valence-corrected chi connectivity index (χ2v) is 11.7. The van der Waals surface area contributed by atoms with Crippen LogP contribution in [0.2, 0.25) is 0 Å². The van der Waals surface area contributed by atoms with Gasteiger partial charge in [0.2, 0.25) is 0 Å². The number of carbonyl (C=O) groups excluding carboxylic acids is 1. The summed E-state index contributed by atoms with van der Waals surface area (Å²) in [7, 11) is 0. The van der Waals surface area contributed by atoms with Gasteiger partial charge in [-0.2, -0.15) is 0 Å². The zero-order valence-corrected chi connectivity index (χ0v) is 23.6. The zero-order valence-electron chi connectivity index (χ0n) is 22.8. The molecule has 1 amide bonds. The molecule has 0 saturated heterocycles. The Labute approximate surface area is 245 Å². The molecule has 42 heavy (non-hydrogen) atoms. The maximum atomic E-state index is 14.0. The predicted octanol–water partition coefficient (Wildman–Crippen LogP) is 6.02. The van der Waals surface area contributed by atoms with Crippen molar-refractivity contribution in [2.24, 2.45) is 0 Å². The van der Waals surface area contributed by atoms with E-state index in [9.17, 15) is 24.6 Å². The predicted molar refractivity (Wildman–Crippen MR) is 163 cm³/mol. The first-order valence-corrected chi connectivity index (χ1v) is 14.8. The second-order valence-electron chi connectivity index (χ2n) is 10.6. The fourth-order valence-corrected chi connectivity index (χ4v) is 6.66. The van der Waals surface area contributed by atoms with Gasteiger partial charge in [-0.1, -0.05) is 48.9 Å². The summed E-state index contributed by atoms with van der Waals surface area (Å²) in [6, 6.07) is 21.3. The van der Waals surface area contributed by atoms with E-state index in [-0.39, 0.29) is 29.4 Å². The number of pyridine rings is 1. The molecule has 1 aliphatic carbocycles. The third-order valence-corrected chi connectivity index (χ3v) is 8.86. The van der Waals surface area contributed by atoms with Crippen LogP contribution in [0.25, 0.3) is 26.2 Å². The van der Waals surface area contributed by atoms with Crippen molar-refractivity contribution in [3.8, 4) is 22.6 Å². The molecule has 3 aromatic carbocycles. The van der Waals surface area contributed by atoms with Crippen molar-refractivity contribution in [3.63, 3.8) is 0 Å². The Morgan fingerprint density at radius 3 is 2.43 bits per heavy atom. The number of carboxylic acid groups (broad SMARTS) is 1. The molecule has 0 radical (unpaired) electrons. The van der Waals surface area contributed by atoms with Crippen LogP contribution in [0.4, 0.5) is 0 Å². The fraction of sp³-hybridized carbons (Fsp3) is 0.242. The van der Waals surface area contributed by atoms with Gasteiger partial charge in [0.25, 0.3) is 11.5 Å². The van der Waals surface area contributed by atoms with Crippen LogP contribution >= 0.6 is 11.3 Å². The molecule has 0 unspecified atom stereocenters. The quantitative estimate of drug-likeness (QED) is 0.206. The van der Waals surface area contributed by atoms with Gasteiger partial charge in [0.15, 0.2) is 0 Å². The number of hydrogen-bond acceptors (Lipinski definition) is 6. The first-order chi connectivity index (χ1) is 20.4. The lowest BCUT2D eigenvalue weighted by Gasteiger charge is -2.23. The second kappa shape index (κ2) is 11.7. The number of carbonyl (C=O) groups is 2. The number of thiazole rings is 1. The van der Waals surface area contributed by atoms with E-state index in [0.717, 1.165) is 30.4 Å². The van der Waals surface area contributed by atoms with Gasteiger partial charge >= 0.3 is 5.97 Å². The highest BCUT2D eigenvalue weighted by molar-refractivity contribution is 7.24. The van der Waals surface area contributed by atoms with E-state index in [2.05, 4.69) is 5.32 Å². The van der Waals surface area contributed by atoms with Crippen LogP contribution in [-0.2, 0) is 11.2 Å². The van der Waals surface area contributed by atoms with Gasteiger partial charge in [-0.05, 0) is 67.1 Å². The highest BCUT2D eigenvalue weighted by Crippen LogP contribution is 2.33. The number of phenolic OH excluding ortho intramolecular Hbond substituents is 1. The van der Waals surface area contributed by atoms with E-state index in [1.165, 1.54) is 29.9 Å². The molecule has 8 nitrogen and oxygen atoms in total. The number of aliphatic carboxylic acids is 1. The van der Waals surface area contributed by atoms with E-state index in [0.29, 0.717) is 32.8 Å². The third kappa shape index (κ3) is 5.60. The summed E-state index contributed by atoms with van der Waals surface area (Å²) in [5.74, 6) is -1.04. The minimum absolute atomic E-state index is 0.0249. The van der Waals surface area contributed by atoms with Crippen molar-refractivity contribution in [1.82, 2.24) is 9.72 Å². The normalized spacial score (nSPS) is 14.6. The number of fused-ring (bicyclic) bond motifs is 3. The molecular formula is C33H30N2O6S. The molecule has 0 spiro atoms. The number of amides is 1. The van der Waals surface area contributed by atoms with E-state index >= 15 is 0 Å². The average molecular weight is 583 g/mol. The molecular weight excluding hydrogens is 552 g/mol. The number of nitrogens with one attached hydrogen (secondary N) is 1. The molecule has 1 aliphatic rings. The van der Waals surface area contributed by atoms with Crippen molar-refractivity contribution in [1.29, 1.82) is 0 Å². The largest absolute Gasteiger partial charge is 0.508 e. The van der Waals surface area contributed by atoms with Crippen LogP contribution in [-0.4, -0.2) is 38.6 Å². The lowest BCUT2D eigenvalue weighted by atomic mass is 9.98.